The van der Waals surface area contributed by atoms with Gasteiger partial charge < -0.3 is 15.0 Å². The number of nitrogens with one attached hydrogen (secondary N) is 1. The van der Waals surface area contributed by atoms with Crippen LogP contribution in [0.15, 0.2) is 36.4 Å². The summed E-state index contributed by atoms with van der Waals surface area (Å²) >= 11 is 0. The van der Waals surface area contributed by atoms with Gasteiger partial charge in [0.15, 0.2) is 0 Å². The molecule has 2 aromatic rings. The molecule has 0 unspecified atom stereocenters. The third-order valence-corrected chi connectivity index (χ3v) is 3.34. The summed E-state index contributed by atoms with van der Waals surface area (Å²) in [6.07, 6.45) is 0. The number of methoxy groups -OCH3 is 1. The van der Waals surface area contributed by atoms with E-state index in [4.69, 9.17) is 4.74 Å². The van der Waals surface area contributed by atoms with Crippen molar-refractivity contribution in [3.8, 4) is 0 Å². The molecule has 1 heterocycles. The Morgan fingerprint density at radius 3 is 2.64 bits per heavy atom. The standard InChI is InChI=1S/C17H24N4O/c1-4-21(13-15-8-6-5-7-9-15)17-19-14(2)12-16(20-17)18-10-11-22-3/h5-9,12H,4,10-11,13H2,1-3H3,(H,18,19,20). The number of hydrogen-bond donors (Lipinski definition) is 1. The Morgan fingerprint density at radius 2 is 1.95 bits per heavy atom. The highest BCUT2D eigenvalue weighted by atomic mass is 16.5. The van der Waals surface area contributed by atoms with Crippen molar-refractivity contribution in [2.24, 2.45) is 0 Å². The van der Waals surface area contributed by atoms with Crippen LogP contribution in [0.25, 0.3) is 0 Å². The molecule has 0 saturated heterocycles. The van der Waals surface area contributed by atoms with Crippen molar-refractivity contribution in [3.63, 3.8) is 0 Å². The van der Waals surface area contributed by atoms with Gasteiger partial charge in [-0.25, -0.2) is 4.98 Å². The molecule has 0 fully saturated rings. The number of benzene rings is 1. The summed E-state index contributed by atoms with van der Waals surface area (Å²) in [6.45, 7) is 7.15. The smallest absolute Gasteiger partial charge is 0.227 e. The second-order valence-electron chi connectivity index (χ2n) is 5.11. The van der Waals surface area contributed by atoms with Crippen LogP contribution in [0.1, 0.15) is 18.2 Å². The molecule has 22 heavy (non-hydrogen) atoms. The first-order chi connectivity index (χ1) is 10.7. The van der Waals surface area contributed by atoms with E-state index in [-0.39, 0.29) is 0 Å². The normalized spacial score (nSPS) is 10.5. The number of ether oxygens (including phenoxy) is 1. The summed E-state index contributed by atoms with van der Waals surface area (Å²) < 4.78 is 5.06. The van der Waals surface area contributed by atoms with Crippen LogP contribution < -0.4 is 10.2 Å². The van der Waals surface area contributed by atoms with Crippen LogP contribution in [0.5, 0.6) is 0 Å². The number of nitrogens with zero attached hydrogens (tertiary/aromatic N) is 3. The van der Waals surface area contributed by atoms with Crippen molar-refractivity contribution in [2.75, 3.05) is 37.0 Å². The molecule has 0 amide bonds. The van der Waals surface area contributed by atoms with E-state index in [1.807, 2.05) is 19.1 Å². The molecule has 0 saturated carbocycles. The van der Waals surface area contributed by atoms with Gasteiger partial charge in [0.1, 0.15) is 5.82 Å². The molecule has 118 valence electrons. The third-order valence-electron chi connectivity index (χ3n) is 3.34. The number of aromatic nitrogens is 2. The van der Waals surface area contributed by atoms with Crippen LogP contribution in [0.2, 0.25) is 0 Å². The van der Waals surface area contributed by atoms with Crippen molar-refractivity contribution in [1.29, 1.82) is 0 Å². The van der Waals surface area contributed by atoms with Crippen LogP contribution in [-0.4, -0.2) is 36.8 Å². The van der Waals surface area contributed by atoms with Gasteiger partial charge in [-0.2, -0.15) is 4.98 Å². The van der Waals surface area contributed by atoms with Crippen LogP contribution in [0, 0.1) is 6.92 Å². The van der Waals surface area contributed by atoms with Gasteiger partial charge in [-0.15, -0.1) is 0 Å². The lowest BCUT2D eigenvalue weighted by molar-refractivity contribution is 0.210. The van der Waals surface area contributed by atoms with Crippen LogP contribution in [-0.2, 0) is 11.3 Å². The van der Waals surface area contributed by atoms with E-state index in [2.05, 4.69) is 51.4 Å². The minimum atomic E-state index is 0.653. The second-order valence-corrected chi connectivity index (χ2v) is 5.11. The predicted molar refractivity (Wildman–Crippen MR) is 90.3 cm³/mol. The minimum absolute atomic E-state index is 0.653. The first kappa shape index (κ1) is 16.2. The molecule has 0 bridgehead atoms. The molecule has 1 aromatic carbocycles. The summed E-state index contributed by atoms with van der Waals surface area (Å²) in [4.78, 5) is 11.4. The Kier molecular flexibility index (Phi) is 6.15. The highest BCUT2D eigenvalue weighted by Gasteiger charge is 2.10. The maximum atomic E-state index is 5.06. The highest BCUT2D eigenvalue weighted by molar-refractivity contribution is 5.44. The fourth-order valence-electron chi connectivity index (χ4n) is 2.19. The van der Waals surface area contributed by atoms with Gasteiger partial charge in [-0.05, 0) is 19.4 Å². The fraction of sp³-hybridized carbons (Fsp3) is 0.412. The van der Waals surface area contributed by atoms with Crippen molar-refractivity contribution in [1.82, 2.24) is 9.97 Å². The van der Waals surface area contributed by atoms with Gasteiger partial charge in [0.25, 0.3) is 0 Å². The van der Waals surface area contributed by atoms with E-state index < -0.39 is 0 Å². The molecular weight excluding hydrogens is 276 g/mol. The number of anilines is 2. The number of rotatable bonds is 8. The van der Waals surface area contributed by atoms with E-state index in [1.54, 1.807) is 7.11 Å². The van der Waals surface area contributed by atoms with Gasteiger partial charge in [-0.1, -0.05) is 30.3 Å². The summed E-state index contributed by atoms with van der Waals surface area (Å²) in [5.74, 6) is 1.59. The molecule has 5 heteroatoms. The maximum Gasteiger partial charge on any atom is 0.227 e. The summed E-state index contributed by atoms with van der Waals surface area (Å²) in [5.41, 5.74) is 2.21. The van der Waals surface area contributed by atoms with Crippen molar-refractivity contribution in [3.05, 3.63) is 47.7 Å². The summed E-state index contributed by atoms with van der Waals surface area (Å²) in [7, 11) is 1.69. The Hall–Kier alpha value is -2.14. The minimum Gasteiger partial charge on any atom is -0.383 e. The average molecular weight is 300 g/mol. The molecule has 0 aliphatic carbocycles. The second kappa shape index (κ2) is 8.34. The van der Waals surface area contributed by atoms with E-state index in [9.17, 15) is 0 Å². The van der Waals surface area contributed by atoms with E-state index in [0.717, 1.165) is 37.1 Å². The fourth-order valence-corrected chi connectivity index (χ4v) is 2.19. The SMILES string of the molecule is CCN(Cc1ccccc1)c1nc(C)cc(NCCOC)n1. The molecule has 0 radical (unpaired) electrons. The topological polar surface area (TPSA) is 50.3 Å². The Balaban J connectivity index is 2.14. The first-order valence-electron chi connectivity index (χ1n) is 7.60. The van der Waals surface area contributed by atoms with Crippen LogP contribution in [0.3, 0.4) is 0 Å². The molecule has 1 aromatic heterocycles. The third kappa shape index (κ3) is 4.70. The first-order valence-corrected chi connectivity index (χ1v) is 7.60. The van der Waals surface area contributed by atoms with Gasteiger partial charge in [-0.3, -0.25) is 0 Å². The van der Waals surface area contributed by atoms with E-state index in [0.29, 0.717) is 6.61 Å². The zero-order valence-corrected chi connectivity index (χ0v) is 13.5. The average Bonchev–Trinajstić information content (AvgIpc) is 2.53. The lowest BCUT2D eigenvalue weighted by atomic mass is 10.2. The molecular formula is C17H24N4O. The molecule has 0 aliphatic heterocycles. The van der Waals surface area contributed by atoms with Gasteiger partial charge in [0, 0.05) is 38.5 Å². The lowest BCUT2D eigenvalue weighted by Gasteiger charge is -2.22. The predicted octanol–water partition coefficient (Wildman–Crippen LogP) is 2.87. The molecule has 0 aliphatic rings. The molecule has 0 spiro atoms. The highest BCUT2D eigenvalue weighted by Crippen LogP contribution is 2.16. The van der Waals surface area contributed by atoms with Gasteiger partial charge >= 0.3 is 0 Å². The zero-order chi connectivity index (χ0) is 15.8. The van der Waals surface area contributed by atoms with E-state index >= 15 is 0 Å². The van der Waals surface area contributed by atoms with Crippen molar-refractivity contribution in [2.45, 2.75) is 20.4 Å². The van der Waals surface area contributed by atoms with Crippen LogP contribution in [0.4, 0.5) is 11.8 Å². The van der Waals surface area contributed by atoms with E-state index in [1.165, 1.54) is 5.56 Å². The number of hydrogen-bond acceptors (Lipinski definition) is 5. The zero-order valence-electron chi connectivity index (χ0n) is 13.5. The van der Waals surface area contributed by atoms with Crippen LogP contribution >= 0.6 is 0 Å². The molecule has 2 rings (SSSR count). The molecule has 1 N–H and O–H groups in total. The Bertz CT molecular complexity index is 574. The van der Waals surface area contributed by atoms with Gasteiger partial charge in [0.05, 0.1) is 6.61 Å². The Morgan fingerprint density at radius 1 is 1.18 bits per heavy atom. The Labute approximate surface area is 132 Å². The molecule has 5 nitrogen and oxygen atoms in total. The maximum absolute atomic E-state index is 5.06. The van der Waals surface area contributed by atoms with Crippen molar-refractivity contribution < 1.29 is 4.74 Å². The van der Waals surface area contributed by atoms with Crippen molar-refractivity contribution >= 4 is 11.8 Å². The summed E-state index contributed by atoms with van der Waals surface area (Å²) in [6, 6.07) is 12.3. The number of aryl methyl sites for hydroxylation is 1. The quantitative estimate of drug-likeness (QED) is 0.760. The monoisotopic (exact) mass is 300 g/mol. The molecule has 0 atom stereocenters. The summed E-state index contributed by atoms with van der Waals surface area (Å²) in [5, 5.41) is 3.27. The van der Waals surface area contributed by atoms with Gasteiger partial charge in [0.2, 0.25) is 5.95 Å². The lowest BCUT2D eigenvalue weighted by Crippen LogP contribution is -2.25. The largest absolute Gasteiger partial charge is 0.383 e.